The predicted octanol–water partition coefficient (Wildman–Crippen LogP) is 2.23. The van der Waals surface area contributed by atoms with Crippen LogP contribution in [0.25, 0.3) is 5.57 Å². The van der Waals surface area contributed by atoms with E-state index in [4.69, 9.17) is 11.5 Å². The predicted molar refractivity (Wildman–Crippen MR) is 67.0 cm³/mol. The van der Waals surface area contributed by atoms with Gasteiger partial charge in [0.25, 0.3) is 0 Å². The van der Waals surface area contributed by atoms with Crippen molar-refractivity contribution in [2.75, 3.05) is 5.73 Å². The Labute approximate surface area is 112 Å². The van der Waals surface area contributed by atoms with Crippen molar-refractivity contribution in [3.63, 3.8) is 0 Å². The van der Waals surface area contributed by atoms with Gasteiger partial charge in [-0.3, -0.25) is 0 Å². The maximum atomic E-state index is 13.7. The van der Waals surface area contributed by atoms with Gasteiger partial charge in [-0.1, -0.05) is 18.2 Å². The highest BCUT2D eigenvalue weighted by Crippen LogP contribution is 2.38. The number of halogens is 4. The zero-order valence-corrected chi connectivity index (χ0v) is 10.2. The minimum atomic E-state index is -4.65. The lowest BCUT2D eigenvalue weighted by molar-refractivity contribution is -0.137. The number of aliphatic hydroxyl groups is 1. The van der Waals surface area contributed by atoms with E-state index in [1.807, 2.05) is 0 Å². The minimum absolute atomic E-state index is 0.0614. The van der Waals surface area contributed by atoms with Crippen LogP contribution in [0.15, 0.2) is 36.4 Å². The van der Waals surface area contributed by atoms with Crippen molar-refractivity contribution in [3.8, 4) is 0 Å². The summed E-state index contributed by atoms with van der Waals surface area (Å²) in [7, 11) is 0. The first-order valence-electron chi connectivity index (χ1n) is 5.66. The van der Waals surface area contributed by atoms with Gasteiger partial charge in [-0.25, -0.2) is 4.39 Å². The highest BCUT2D eigenvalue weighted by molar-refractivity contribution is 5.79. The van der Waals surface area contributed by atoms with Gasteiger partial charge in [-0.05, 0) is 29.3 Å². The number of allylic oxidation sites excluding steroid dienone is 2. The second-order valence-electron chi connectivity index (χ2n) is 4.51. The third-order valence-corrected chi connectivity index (χ3v) is 2.97. The van der Waals surface area contributed by atoms with E-state index in [0.717, 1.165) is 18.2 Å². The van der Waals surface area contributed by atoms with Crippen molar-refractivity contribution in [3.05, 3.63) is 47.6 Å². The maximum absolute atomic E-state index is 13.7. The van der Waals surface area contributed by atoms with Crippen LogP contribution in [-0.4, -0.2) is 17.0 Å². The number of hydrogen-bond acceptors (Lipinski definition) is 3. The lowest BCUT2D eigenvalue weighted by Gasteiger charge is -2.25. The second kappa shape index (κ2) is 4.60. The molecule has 3 nitrogen and oxygen atoms in total. The van der Waals surface area contributed by atoms with Crippen LogP contribution in [0.2, 0.25) is 0 Å². The van der Waals surface area contributed by atoms with Crippen molar-refractivity contribution in [2.24, 2.45) is 5.73 Å². The first kappa shape index (κ1) is 14.5. The van der Waals surface area contributed by atoms with E-state index >= 15 is 0 Å². The molecule has 2 atom stereocenters. The summed E-state index contributed by atoms with van der Waals surface area (Å²) in [5.74, 6) is -2.89. The minimum Gasteiger partial charge on any atom is -0.399 e. The molecule has 108 valence electrons. The molecule has 2 unspecified atom stereocenters. The van der Waals surface area contributed by atoms with Crippen molar-refractivity contribution in [1.29, 1.82) is 0 Å². The Hall–Kier alpha value is -1.86. The number of anilines is 1. The highest BCUT2D eigenvalue weighted by Gasteiger charge is 2.37. The molecule has 0 aliphatic heterocycles. The monoisotopic (exact) mass is 288 g/mol. The summed E-state index contributed by atoms with van der Waals surface area (Å²) in [6.45, 7) is 0. The normalized spacial score (nSPS) is 26.5. The summed E-state index contributed by atoms with van der Waals surface area (Å²) >= 11 is 0. The van der Waals surface area contributed by atoms with Gasteiger partial charge >= 0.3 is 6.18 Å². The highest BCUT2D eigenvalue weighted by atomic mass is 19.4. The molecule has 1 aromatic carbocycles. The average Bonchev–Trinajstić information content (AvgIpc) is 2.31. The molecule has 0 saturated carbocycles. The molecule has 0 bridgehead atoms. The van der Waals surface area contributed by atoms with Gasteiger partial charge in [0.2, 0.25) is 5.85 Å². The van der Waals surface area contributed by atoms with Crippen molar-refractivity contribution >= 4 is 11.3 Å². The van der Waals surface area contributed by atoms with Gasteiger partial charge < -0.3 is 16.6 Å². The Morgan fingerprint density at radius 2 is 1.90 bits per heavy atom. The van der Waals surface area contributed by atoms with Crippen LogP contribution >= 0.6 is 0 Å². The first-order valence-corrected chi connectivity index (χ1v) is 5.66. The smallest absolute Gasteiger partial charge is 0.399 e. The molecule has 0 saturated heterocycles. The molecule has 1 aromatic rings. The Morgan fingerprint density at radius 3 is 2.45 bits per heavy atom. The van der Waals surface area contributed by atoms with Gasteiger partial charge in [-0.15, -0.1) is 0 Å². The molecule has 1 aliphatic carbocycles. The number of hydrogen-bond donors (Lipinski definition) is 3. The third-order valence-electron chi connectivity index (χ3n) is 2.97. The van der Waals surface area contributed by atoms with Crippen LogP contribution in [-0.2, 0) is 6.18 Å². The van der Waals surface area contributed by atoms with Crippen LogP contribution in [0.5, 0.6) is 0 Å². The molecule has 20 heavy (non-hydrogen) atoms. The van der Waals surface area contributed by atoms with Gasteiger partial charge in [0.1, 0.15) is 0 Å². The van der Waals surface area contributed by atoms with E-state index in [9.17, 15) is 22.7 Å². The lowest BCUT2D eigenvalue weighted by atomic mass is 9.91. The van der Waals surface area contributed by atoms with E-state index in [-0.39, 0.29) is 16.8 Å². The van der Waals surface area contributed by atoms with E-state index in [2.05, 4.69) is 0 Å². The quantitative estimate of drug-likeness (QED) is 0.548. The zero-order chi connectivity index (χ0) is 15.1. The van der Waals surface area contributed by atoms with Crippen molar-refractivity contribution in [1.82, 2.24) is 0 Å². The van der Waals surface area contributed by atoms with Crippen LogP contribution in [0.4, 0.5) is 23.2 Å². The van der Waals surface area contributed by atoms with E-state index in [0.29, 0.717) is 6.08 Å². The second-order valence-corrected chi connectivity index (χ2v) is 4.51. The summed E-state index contributed by atoms with van der Waals surface area (Å²) in [5, 5.41) is 9.40. The fourth-order valence-corrected chi connectivity index (χ4v) is 1.92. The Morgan fingerprint density at radius 1 is 1.25 bits per heavy atom. The fraction of sp³-hybridized carbons (Fsp3) is 0.231. The topological polar surface area (TPSA) is 72.3 Å². The van der Waals surface area contributed by atoms with Crippen molar-refractivity contribution < 1.29 is 22.7 Å². The van der Waals surface area contributed by atoms with Crippen LogP contribution < -0.4 is 11.5 Å². The Balaban J connectivity index is 2.57. The van der Waals surface area contributed by atoms with Gasteiger partial charge in [0, 0.05) is 5.69 Å². The molecule has 7 heteroatoms. The lowest BCUT2D eigenvalue weighted by Crippen LogP contribution is -2.42. The molecule has 0 heterocycles. The van der Waals surface area contributed by atoms with Gasteiger partial charge in [0.15, 0.2) is 0 Å². The number of rotatable bonds is 1. The number of alkyl halides is 4. The summed E-state index contributed by atoms with van der Waals surface area (Å²) in [6.07, 6.45) is -1.64. The third kappa shape index (κ3) is 2.68. The first-order chi connectivity index (χ1) is 9.11. The van der Waals surface area contributed by atoms with Gasteiger partial charge in [-0.2, -0.15) is 13.2 Å². The maximum Gasteiger partial charge on any atom is 0.417 e. The van der Waals surface area contributed by atoms with Crippen LogP contribution in [0.3, 0.4) is 0 Å². The van der Waals surface area contributed by atoms with Crippen molar-refractivity contribution in [2.45, 2.75) is 18.1 Å². The molecule has 1 aliphatic rings. The molecular formula is C13H12F4N2O. The number of nitrogen functional groups attached to an aromatic ring is 1. The molecule has 0 amide bonds. The SMILES string of the molecule is Nc1ccc(C2=CC(O)(F)C(N)C=C2)c(C(F)(F)F)c1. The Kier molecular flexibility index (Phi) is 3.35. The summed E-state index contributed by atoms with van der Waals surface area (Å²) in [6, 6.07) is 1.83. The molecule has 5 N–H and O–H groups in total. The molecule has 0 aromatic heterocycles. The standard InChI is InChI=1S/C13H12F4N2O/c14-12(20)6-7(1-4-11(12)19)9-3-2-8(18)5-10(9)13(15,16)17/h1-6,11,20H,18-19H2. The average molecular weight is 288 g/mol. The molecule has 0 spiro atoms. The number of benzene rings is 1. The summed E-state index contributed by atoms with van der Waals surface area (Å²) < 4.78 is 52.6. The van der Waals surface area contributed by atoms with Crippen LogP contribution in [0.1, 0.15) is 11.1 Å². The van der Waals surface area contributed by atoms with E-state index in [1.54, 1.807) is 0 Å². The largest absolute Gasteiger partial charge is 0.417 e. The molecule has 2 rings (SSSR count). The van der Waals surface area contributed by atoms with Gasteiger partial charge in [0.05, 0.1) is 11.6 Å². The van der Waals surface area contributed by atoms with E-state index in [1.165, 1.54) is 12.1 Å². The fourth-order valence-electron chi connectivity index (χ4n) is 1.92. The molecule has 0 fully saturated rings. The summed E-state index contributed by atoms with van der Waals surface area (Å²) in [4.78, 5) is 0. The van der Waals surface area contributed by atoms with Crippen LogP contribution in [0, 0.1) is 0 Å². The summed E-state index contributed by atoms with van der Waals surface area (Å²) in [5.41, 5.74) is 9.21. The Bertz CT molecular complexity index is 591. The zero-order valence-electron chi connectivity index (χ0n) is 10.2. The molecule has 0 radical (unpaired) electrons. The number of nitrogens with two attached hydrogens (primary N) is 2. The van der Waals surface area contributed by atoms with E-state index < -0.39 is 23.6 Å². The molecular weight excluding hydrogens is 276 g/mol.